The minimum absolute atomic E-state index is 0.00604. The predicted octanol–water partition coefficient (Wildman–Crippen LogP) is 4.07. The average molecular weight is 447 g/mol. The number of rotatable bonds is 8. The molecule has 3 rings (SSSR count). The molecule has 2 N–H and O–H groups in total. The minimum Gasteiger partial charge on any atom is -0.390 e. The standard InChI is InChI=1S/C24H38N4O4/c1-14(2)8-16(10-24(4,5)6)23(30)27-21-20-15(3)11-28(22(20)26-13-25-21)19-9-17(29)18(32-19)12-31-7/h11,13-14,16-19,29H,8-10,12H2,1-7H3,(H,25,26,27,30)/t16?,17?,18-,19-/m1/s1. The maximum atomic E-state index is 13.3. The van der Waals surface area contributed by atoms with Crippen LogP contribution in [0.3, 0.4) is 0 Å². The highest BCUT2D eigenvalue weighted by molar-refractivity contribution is 6.00. The van der Waals surface area contributed by atoms with Crippen LogP contribution in [0.5, 0.6) is 0 Å². The van der Waals surface area contributed by atoms with Gasteiger partial charge in [-0.25, -0.2) is 9.97 Å². The number of nitrogens with zero attached hydrogens (tertiary/aromatic N) is 3. The van der Waals surface area contributed by atoms with Crippen molar-refractivity contribution in [3.8, 4) is 0 Å². The number of aliphatic hydroxyl groups excluding tert-OH is 1. The molecule has 0 spiro atoms. The first-order valence-electron chi connectivity index (χ1n) is 11.5. The molecule has 1 aliphatic rings. The normalized spacial score (nSPS) is 22.6. The minimum atomic E-state index is -0.604. The van der Waals surface area contributed by atoms with E-state index in [-0.39, 0.29) is 29.6 Å². The number of anilines is 1. The van der Waals surface area contributed by atoms with Crippen LogP contribution in [0.4, 0.5) is 5.82 Å². The lowest BCUT2D eigenvalue weighted by atomic mass is 9.80. The number of aryl methyl sites for hydroxylation is 1. The van der Waals surface area contributed by atoms with Crippen molar-refractivity contribution < 1.29 is 19.4 Å². The van der Waals surface area contributed by atoms with Crippen LogP contribution in [0.1, 0.15) is 65.7 Å². The molecule has 2 unspecified atom stereocenters. The van der Waals surface area contributed by atoms with E-state index in [0.717, 1.165) is 23.8 Å². The first-order chi connectivity index (χ1) is 15.0. The van der Waals surface area contributed by atoms with Crippen LogP contribution in [0, 0.1) is 24.2 Å². The molecule has 0 saturated carbocycles. The van der Waals surface area contributed by atoms with E-state index in [1.165, 1.54) is 6.33 Å². The quantitative estimate of drug-likeness (QED) is 0.634. The monoisotopic (exact) mass is 446 g/mol. The van der Waals surface area contributed by atoms with E-state index in [9.17, 15) is 9.90 Å². The van der Waals surface area contributed by atoms with Crippen LogP contribution in [-0.4, -0.2) is 51.5 Å². The third-order valence-electron chi connectivity index (χ3n) is 5.87. The average Bonchev–Trinajstić information content (AvgIpc) is 3.21. The molecule has 4 atom stereocenters. The van der Waals surface area contributed by atoms with E-state index in [0.29, 0.717) is 30.4 Å². The van der Waals surface area contributed by atoms with E-state index < -0.39 is 6.10 Å². The van der Waals surface area contributed by atoms with E-state index in [4.69, 9.17) is 9.47 Å². The van der Waals surface area contributed by atoms with Crippen molar-refractivity contribution in [1.29, 1.82) is 0 Å². The lowest BCUT2D eigenvalue weighted by molar-refractivity contribution is -0.121. The Balaban J connectivity index is 1.88. The fourth-order valence-corrected chi connectivity index (χ4v) is 4.59. The molecular weight excluding hydrogens is 408 g/mol. The summed E-state index contributed by atoms with van der Waals surface area (Å²) in [7, 11) is 1.59. The van der Waals surface area contributed by atoms with Crippen LogP contribution in [0.25, 0.3) is 11.0 Å². The number of aliphatic hydroxyl groups is 1. The topological polar surface area (TPSA) is 98.5 Å². The van der Waals surface area contributed by atoms with Gasteiger partial charge in [-0.15, -0.1) is 0 Å². The zero-order valence-corrected chi connectivity index (χ0v) is 20.4. The summed E-state index contributed by atoms with van der Waals surface area (Å²) in [4.78, 5) is 22.1. The highest BCUT2D eigenvalue weighted by atomic mass is 16.6. The number of carbonyl (C=O) groups excluding carboxylic acids is 1. The second kappa shape index (κ2) is 9.85. The maximum absolute atomic E-state index is 13.3. The molecule has 2 aromatic heterocycles. The Morgan fingerprint density at radius 2 is 2.09 bits per heavy atom. The van der Waals surface area contributed by atoms with Gasteiger partial charge in [0.15, 0.2) is 0 Å². The number of methoxy groups -OCH3 is 1. The Morgan fingerprint density at radius 1 is 1.38 bits per heavy atom. The summed E-state index contributed by atoms with van der Waals surface area (Å²) < 4.78 is 13.1. The van der Waals surface area contributed by atoms with E-state index >= 15 is 0 Å². The number of hydrogen-bond acceptors (Lipinski definition) is 6. The predicted molar refractivity (Wildman–Crippen MR) is 124 cm³/mol. The van der Waals surface area contributed by atoms with Crippen molar-refractivity contribution in [1.82, 2.24) is 14.5 Å². The third-order valence-corrected chi connectivity index (χ3v) is 5.87. The van der Waals surface area contributed by atoms with Crippen molar-refractivity contribution in [3.63, 3.8) is 0 Å². The van der Waals surface area contributed by atoms with Gasteiger partial charge < -0.3 is 24.5 Å². The Bertz CT molecular complexity index is 934. The molecule has 8 heteroatoms. The van der Waals surface area contributed by atoms with Gasteiger partial charge in [-0.1, -0.05) is 34.6 Å². The summed E-state index contributed by atoms with van der Waals surface area (Å²) >= 11 is 0. The molecule has 1 fully saturated rings. The number of aromatic nitrogens is 3. The molecule has 1 aliphatic heterocycles. The summed E-state index contributed by atoms with van der Waals surface area (Å²) in [5, 5.41) is 14.2. The van der Waals surface area contributed by atoms with Crippen molar-refractivity contribution >= 4 is 22.8 Å². The van der Waals surface area contributed by atoms with Crippen molar-refractivity contribution in [2.45, 2.75) is 79.2 Å². The first kappa shape index (κ1) is 24.6. The molecule has 0 radical (unpaired) electrons. The summed E-state index contributed by atoms with van der Waals surface area (Å²) in [5.41, 5.74) is 1.68. The highest BCUT2D eigenvalue weighted by Gasteiger charge is 2.36. The van der Waals surface area contributed by atoms with Crippen molar-refractivity contribution in [2.24, 2.45) is 17.3 Å². The number of hydrogen-bond donors (Lipinski definition) is 2. The van der Waals surface area contributed by atoms with Gasteiger partial charge in [0, 0.05) is 25.6 Å². The number of carbonyl (C=O) groups is 1. The highest BCUT2D eigenvalue weighted by Crippen LogP contribution is 2.35. The van der Waals surface area contributed by atoms with Gasteiger partial charge in [-0.2, -0.15) is 0 Å². The summed E-state index contributed by atoms with van der Waals surface area (Å²) in [5.74, 6) is 0.845. The van der Waals surface area contributed by atoms with Crippen LogP contribution in [0.2, 0.25) is 0 Å². The molecule has 0 bridgehead atoms. The second-order valence-corrected chi connectivity index (χ2v) is 10.6. The fourth-order valence-electron chi connectivity index (χ4n) is 4.59. The van der Waals surface area contributed by atoms with Gasteiger partial charge in [-0.05, 0) is 36.7 Å². The SMILES string of the molecule is COC[C@H]1O[C@@H](n2cc(C)c3c(NC(=O)C(CC(C)C)CC(C)(C)C)ncnc32)CC1O. The third kappa shape index (κ3) is 5.66. The molecule has 3 heterocycles. The lowest BCUT2D eigenvalue weighted by Crippen LogP contribution is -2.28. The number of nitrogens with one attached hydrogen (secondary N) is 1. The summed E-state index contributed by atoms with van der Waals surface area (Å²) in [6.45, 7) is 13.1. The summed E-state index contributed by atoms with van der Waals surface area (Å²) in [6, 6.07) is 0. The van der Waals surface area contributed by atoms with Gasteiger partial charge in [0.05, 0.1) is 18.1 Å². The van der Waals surface area contributed by atoms with Crippen LogP contribution < -0.4 is 5.32 Å². The largest absolute Gasteiger partial charge is 0.390 e. The second-order valence-electron chi connectivity index (χ2n) is 10.6. The number of fused-ring (bicyclic) bond motifs is 1. The molecule has 0 aromatic carbocycles. The first-order valence-corrected chi connectivity index (χ1v) is 11.5. The van der Waals surface area contributed by atoms with Crippen LogP contribution in [0.15, 0.2) is 12.5 Å². The van der Waals surface area contributed by atoms with E-state index in [2.05, 4.69) is 49.9 Å². The number of ether oxygens (including phenoxy) is 2. The fraction of sp³-hybridized carbons (Fsp3) is 0.708. The van der Waals surface area contributed by atoms with E-state index in [1.807, 2.05) is 17.7 Å². The Morgan fingerprint density at radius 3 is 2.72 bits per heavy atom. The van der Waals surface area contributed by atoms with Gasteiger partial charge in [0.25, 0.3) is 0 Å². The molecular formula is C24H38N4O4. The zero-order chi connectivity index (χ0) is 23.6. The Labute approximate surface area is 190 Å². The van der Waals surface area contributed by atoms with Crippen LogP contribution in [-0.2, 0) is 14.3 Å². The molecule has 2 aromatic rings. The molecule has 1 amide bonds. The summed E-state index contributed by atoms with van der Waals surface area (Å²) in [6.07, 6.45) is 4.16. The smallest absolute Gasteiger partial charge is 0.228 e. The molecule has 8 nitrogen and oxygen atoms in total. The van der Waals surface area contributed by atoms with Crippen LogP contribution >= 0.6 is 0 Å². The van der Waals surface area contributed by atoms with Crippen molar-refractivity contribution in [2.75, 3.05) is 19.0 Å². The molecule has 178 valence electrons. The van der Waals surface area contributed by atoms with Crippen molar-refractivity contribution in [3.05, 3.63) is 18.1 Å². The molecule has 1 saturated heterocycles. The van der Waals surface area contributed by atoms with Gasteiger partial charge in [0.1, 0.15) is 30.1 Å². The van der Waals surface area contributed by atoms with Gasteiger partial charge >= 0.3 is 0 Å². The zero-order valence-electron chi connectivity index (χ0n) is 20.4. The van der Waals surface area contributed by atoms with Gasteiger partial charge in [-0.3, -0.25) is 4.79 Å². The maximum Gasteiger partial charge on any atom is 0.228 e. The Kier molecular flexibility index (Phi) is 7.57. The van der Waals surface area contributed by atoms with Gasteiger partial charge in [0.2, 0.25) is 5.91 Å². The Hall–Kier alpha value is -2.03. The number of amides is 1. The van der Waals surface area contributed by atoms with E-state index in [1.54, 1.807) is 7.11 Å². The molecule has 0 aliphatic carbocycles. The molecule has 32 heavy (non-hydrogen) atoms. The lowest BCUT2D eigenvalue weighted by Gasteiger charge is -2.26.